The molecule has 0 aliphatic heterocycles. The van der Waals surface area contributed by atoms with Gasteiger partial charge >= 0.3 is 6.18 Å². The van der Waals surface area contributed by atoms with E-state index in [2.05, 4.69) is 6.92 Å². The van der Waals surface area contributed by atoms with Crippen molar-refractivity contribution in [3.63, 3.8) is 0 Å². The minimum atomic E-state index is -4.25. The maximum absolute atomic E-state index is 13.0. The molecule has 0 spiro atoms. The second kappa shape index (κ2) is 10.9. The average Bonchev–Trinajstić information content (AvgIpc) is 2.65. The summed E-state index contributed by atoms with van der Waals surface area (Å²) in [4.78, 5) is 0. The van der Waals surface area contributed by atoms with E-state index in [-0.39, 0.29) is 13.0 Å². The number of hydrogen-bond donors (Lipinski definition) is 0. The third-order valence-corrected chi connectivity index (χ3v) is 5.65. The van der Waals surface area contributed by atoms with Crippen LogP contribution in [0.5, 0.6) is 5.75 Å². The molecule has 0 aromatic heterocycles. The number of halogens is 3. The molecule has 0 amide bonds. The number of unbranched alkanes of at least 4 members (excludes halogenated alkanes) is 1. The molecule has 1 aromatic rings. The zero-order valence-corrected chi connectivity index (χ0v) is 16.6. The summed E-state index contributed by atoms with van der Waals surface area (Å²) in [6.45, 7) is 2.63. The highest BCUT2D eigenvalue weighted by atomic mass is 19.4. The molecule has 0 saturated heterocycles. The molecule has 27 heavy (non-hydrogen) atoms. The van der Waals surface area contributed by atoms with Crippen LogP contribution in [-0.4, -0.2) is 26.5 Å². The Morgan fingerprint density at radius 3 is 2.22 bits per heavy atom. The molecule has 1 aliphatic carbocycles. The molecule has 0 heterocycles. The minimum absolute atomic E-state index is 0.0700. The lowest BCUT2D eigenvalue weighted by atomic mass is 9.80. The highest BCUT2D eigenvalue weighted by molar-refractivity contribution is 5.27. The fourth-order valence-corrected chi connectivity index (χ4v) is 3.87. The largest absolute Gasteiger partial charge is 0.493 e. The summed E-state index contributed by atoms with van der Waals surface area (Å²) in [5.41, 5.74) is 0.651. The fourth-order valence-electron chi connectivity index (χ4n) is 3.87. The van der Waals surface area contributed by atoms with Gasteiger partial charge in [-0.2, -0.15) is 13.2 Å². The minimum Gasteiger partial charge on any atom is -0.493 e. The van der Waals surface area contributed by atoms with Crippen molar-refractivity contribution in [3.05, 3.63) is 29.8 Å². The van der Waals surface area contributed by atoms with Crippen LogP contribution in [-0.2, 0) is 11.2 Å². The first kappa shape index (κ1) is 22.1. The molecule has 0 N–H and O–H groups in total. The second-order valence-electron chi connectivity index (χ2n) is 7.88. The van der Waals surface area contributed by atoms with E-state index in [1.807, 2.05) is 0 Å². The van der Waals surface area contributed by atoms with E-state index in [4.69, 9.17) is 9.47 Å². The Balaban J connectivity index is 1.76. The summed E-state index contributed by atoms with van der Waals surface area (Å²) in [6, 6.07) is 7.02. The number of ether oxygens (including phenoxy) is 2. The predicted octanol–water partition coefficient (Wildman–Crippen LogP) is 6.43. The molecule has 2 rings (SSSR count). The van der Waals surface area contributed by atoms with E-state index < -0.39 is 12.1 Å². The molecule has 154 valence electrons. The summed E-state index contributed by atoms with van der Waals surface area (Å²) >= 11 is 0. The number of alkyl halides is 3. The van der Waals surface area contributed by atoms with E-state index in [1.54, 1.807) is 24.3 Å². The molecule has 1 saturated carbocycles. The van der Waals surface area contributed by atoms with Crippen molar-refractivity contribution >= 4 is 0 Å². The van der Waals surface area contributed by atoms with Crippen LogP contribution < -0.4 is 4.74 Å². The molecule has 5 heteroatoms. The topological polar surface area (TPSA) is 18.5 Å². The number of methoxy groups -OCH3 is 1. The maximum atomic E-state index is 13.0. The zero-order valence-electron chi connectivity index (χ0n) is 16.6. The summed E-state index contributed by atoms with van der Waals surface area (Å²) < 4.78 is 49.6. The monoisotopic (exact) mass is 386 g/mol. The van der Waals surface area contributed by atoms with Crippen LogP contribution in [0.3, 0.4) is 0 Å². The van der Waals surface area contributed by atoms with Gasteiger partial charge in [-0.3, -0.25) is 0 Å². The first-order valence-corrected chi connectivity index (χ1v) is 10.2. The zero-order chi connectivity index (χ0) is 19.7. The second-order valence-corrected chi connectivity index (χ2v) is 7.88. The molecule has 0 bridgehead atoms. The van der Waals surface area contributed by atoms with Gasteiger partial charge in [-0.15, -0.1) is 0 Å². The first-order valence-electron chi connectivity index (χ1n) is 10.2. The van der Waals surface area contributed by atoms with Crippen molar-refractivity contribution in [2.24, 2.45) is 17.8 Å². The van der Waals surface area contributed by atoms with Gasteiger partial charge in [0, 0.05) is 7.11 Å². The Hall–Kier alpha value is -1.23. The number of benzene rings is 1. The average molecular weight is 386 g/mol. The standard InChI is InChI=1S/C22H33F3O2/c1-3-4-5-17-6-8-19(9-7-17)15-27-21-12-10-18(11-13-21)14-20(16-26-2)22(23,24)25/h10-13,17,19-20H,3-9,14-16H2,1-2H3. The van der Waals surface area contributed by atoms with E-state index in [0.29, 0.717) is 18.1 Å². The molecule has 1 aromatic carbocycles. The Morgan fingerprint density at radius 2 is 1.67 bits per heavy atom. The lowest BCUT2D eigenvalue weighted by Gasteiger charge is -2.28. The van der Waals surface area contributed by atoms with Gasteiger partial charge in [0.05, 0.1) is 19.1 Å². The van der Waals surface area contributed by atoms with Crippen LogP contribution in [0.15, 0.2) is 24.3 Å². The third kappa shape index (κ3) is 7.73. The van der Waals surface area contributed by atoms with Crippen LogP contribution in [0.25, 0.3) is 0 Å². The van der Waals surface area contributed by atoms with Crippen LogP contribution in [0, 0.1) is 17.8 Å². The van der Waals surface area contributed by atoms with Gasteiger partial charge < -0.3 is 9.47 Å². The molecule has 1 aliphatic rings. The van der Waals surface area contributed by atoms with Crippen molar-refractivity contribution in [2.75, 3.05) is 20.3 Å². The van der Waals surface area contributed by atoms with Crippen LogP contribution >= 0.6 is 0 Å². The van der Waals surface area contributed by atoms with Gasteiger partial charge in [0.2, 0.25) is 0 Å². The smallest absolute Gasteiger partial charge is 0.394 e. The normalized spacial score (nSPS) is 21.8. The lowest BCUT2D eigenvalue weighted by molar-refractivity contribution is -0.185. The molecule has 1 atom stereocenters. The molecule has 0 radical (unpaired) electrons. The van der Waals surface area contributed by atoms with Crippen LogP contribution in [0.2, 0.25) is 0 Å². The Bertz CT molecular complexity index is 519. The Kier molecular flexibility index (Phi) is 8.94. The first-order chi connectivity index (χ1) is 12.9. The van der Waals surface area contributed by atoms with Crippen LogP contribution in [0.1, 0.15) is 57.4 Å². The van der Waals surface area contributed by atoms with Gasteiger partial charge in [-0.25, -0.2) is 0 Å². The Labute approximate surface area is 161 Å². The van der Waals surface area contributed by atoms with Gasteiger partial charge in [0.25, 0.3) is 0 Å². The molecule has 1 fully saturated rings. The maximum Gasteiger partial charge on any atom is 0.394 e. The number of rotatable bonds is 10. The lowest BCUT2D eigenvalue weighted by Crippen LogP contribution is -2.29. The van der Waals surface area contributed by atoms with E-state index in [1.165, 1.54) is 52.1 Å². The summed E-state index contributed by atoms with van der Waals surface area (Å²) in [7, 11) is 1.30. The molecule has 2 nitrogen and oxygen atoms in total. The summed E-state index contributed by atoms with van der Waals surface area (Å²) in [6.07, 6.45) is 4.67. The summed E-state index contributed by atoms with van der Waals surface area (Å²) in [5.74, 6) is 0.743. The number of hydrogen-bond acceptors (Lipinski definition) is 2. The highest BCUT2D eigenvalue weighted by Crippen LogP contribution is 2.33. The van der Waals surface area contributed by atoms with Crippen molar-refractivity contribution < 1.29 is 22.6 Å². The SMILES string of the molecule is CCCCC1CCC(COc2ccc(CC(COC)C(F)(F)F)cc2)CC1. The van der Waals surface area contributed by atoms with Gasteiger partial charge in [0.1, 0.15) is 5.75 Å². The van der Waals surface area contributed by atoms with Crippen molar-refractivity contribution in [2.45, 2.75) is 64.5 Å². The van der Waals surface area contributed by atoms with Gasteiger partial charge in [-0.05, 0) is 48.8 Å². The van der Waals surface area contributed by atoms with Crippen molar-refractivity contribution in [3.8, 4) is 5.75 Å². The van der Waals surface area contributed by atoms with E-state index >= 15 is 0 Å². The molecule has 1 unspecified atom stereocenters. The fraction of sp³-hybridized carbons (Fsp3) is 0.727. The van der Waals surface area contributed by atoms with Gasteiger partial charge in [-0.1, -0.05) is 51.2 Å². The third-order valence-electron chi connectivity index (χ3n) is 5.65. The van der Waals surface area contributed by atoms with E-state index in [9.17, 15) is 13.2 Å². The van der Waals surface area contributed by atoms with Crippen molar-refractivity contribution in [1.29, 1.82) is 0 Å². The summed E-state index contributed by atoms with van der Waals surface area (Å²) in [5, 5.41) is 0. The Morgan fingerprint density at radius 1 is 1.04 bits per heavy atom. The van der Waals surface area contributed by atoms with Gasteiger partial charge in [0.15, 0.2) is 0 Å². The van der Waals surface area contributed by atoms with E-state index in [0.717, 1.165) is 11.7 Å². The molecular weight excluding hydrogens is 353 g/mol. The molecular formula is C22H33F3O2. The highest BCUT2D eigenvalue weighted by Gasteiger charge is 2.39. The predicted molar refractivity (Wildman–Crippen MR) is 102 cm³/mol. The van der Waals surface area contributed by atoms with Crippen LogP contribution in [0.4, 0.5) is 13.2 Å². The quantitative estimate of drug-likeness (QED) is 0.461. The van der Waals surface area contributed by atoms with Crippen molar-refractivity contribution in [1.82, 2.24) is 0 Å².